The van der Waals surface area contributed by atoms with Crippen molar-refractivity contribution in [2.24, 2.45) is 4.99 Å². The molecule has 1 amide bonds. The number of aliphatic hydroxyl groups excluding tert-OH is 1. The first-order valence-electron chi connectivity index (χ1n) is 11.8. The number of nitrogens with one attached hydrogen (secondary N) is 1. The van der Waals surface area contributed by atoms with Gasteiger partial charge in [-0.15, -0.1) is 0 Å². The summed E-state index contributed by atoms with van der Waals surface area (Å²) in [6.45, 7) is 0.786. The van der Waals surface area contributed by atoms with Crippen LogP contribution in [-0.4, -0.2) is 57.9 Å². The first-order chi connectivity index (χ1) is 17.5. The first-order valence-corrected chi connectivity index (χ1v) is 12.2. The fourth-order valence-corrected chi connectivity index (χ4v) is 4.64. The fourth-order valence-electron chi connectivity index (χ4n) is 4.42. The van der Waals surface area contributed by atoms with Gasteiger partial charge < -0.3 is 15.5 Å². The highest BCUT2D eigenvalue weighted by molar-refractivity contribution is 6.30. The molecule has 0 aromatic heterocycles. The molecule has 0 unspecified atom stereocenters. The van der Waals surface area contributed by atoms with Gasteiger partial charge in [-0.3, -0.25) is 14.7 Å². The zero-order valence-corrected chi connectivity index (χ0v) is 20.4. The number of hydrogen-bond acceptors (Lipinski definition) is 5. The summed E-state index contributed by atoms with van der Waals surface area (Å²) < 4.78 is 0. The van der Waals surface area contributed by atoms with Crippen molar-refractivity contribution in [3.63, 3.8) is 0 Å². The van der Waals surface area contributed by atoms with Gasteiger partial charge in [0.15, 0.2) is 6.04 Å². The number of carbonyl (C=O) groups excluding carboxylic acids is 1. The van der Waals surface area contributed by atoms with Crippen LogP contribution in [-0.2, 0) is 16.1 Å². The molecule has 0 saturated carbocycles. The molecule has 0 bridgehead atoms. The van der Waals surface area contributed by atoms with Gasteiger partial charge in [-0.2, -0.15) is 0 Å². The van der Waals surface area contributed by atoms with Gasteiger partial charge >= 0.3 is 5.97 Å². The maximum Gasteiger partial charge on any atom is 0.330 e. The zero-order valence-electron chi connectivity index (χ0n) is 19.7. The van der Waals surface area contributed by atoms with Crippen LogP contribution in [0.25, 0.3) is 0 Å². The lowest BCUT2D eigenvalue weighted by atomic mass is 9.99. The Kier molecular flexibility index (Phi) is 8.48. The number of nitrogens with zero attached hydrogens (tertiary/aromatic N) is 2. The molecule has 1 saturated heterocycles. The van der Waals surface area contributed by atoms with Crippen molar-refractivity contribution in [1.82, 2.24) is 4.90 Å². The predicted molar refractivity (Wildman–Crippen MR) is 141 cm³/mol. The van der Waals surface area contributed by atoms with E-state index in [4.69, 9.17) is 11.6 Å². The Labute approximate surface area is 215 Å². The highest BCUT2D eigenvalue weighted by Crippen LogP contribution is 2.25. The fraction of sp³-hybridized carbons (Fsp3) is 0.250. The van der Waals surface area contributed by atoms with Gasteiger partial charge in [0.2, 0.25) is 5.91 Å². The molecular formula is C28H28ClN3O4. The second-order valence-electron chi connectivity index (χ2n) is 8.67. The average molecular weight is 506 g/mol. The highest BCUT2D eigenvalue weighted by atomic mass is 35.5. The summed E-state index contributed by atoms with van der Waals surface area (Å²) in [5.74, 6) is -1.36. The number of para-hydroxylation sites is 1. The summed E-state index contributed by atoms with van der Waals surface area (Å²) in [5.41, 5.74) is 3.22. The largest absolute Gasteiger partial charge is 0.480 e. The number of carboxylic acids is 1. The van der Waals surface area contributed by atoms with Crippen LogP contribution in [0.4, 0.5) is 5.69 Å². The second-order valence-corrected chi connectivity index (χ2v) is 9.11. The second kappa shape index (κ2) is 11.9. The van der Waals surface area contributed by atoms with Crippen molar-refractivity contribution in [3.05, 3.63) is 101 Å². The molecule has 36 heavy (non-hydrogen) atoms. The van der Waals surface area contributed by atoms with Crippen molar-refractivity contribution in [1.29, 1.82) is 0 Å². The van der Waals surface area contributed by atoms with Gasteiger partial charge in [0.25, 0.3) is 0 Å². The molecule has 1 aliphatic heterocycles. The van der Waals surface area contributed by atoms with E-state index in [-0.39, 0.29) is 11.9 Å². The summed E-state index contributed by atoms with van der Waals surface area (Å²) in [7, 11) is 0. The van der Waals surface area contributed by atoms with E-state index >= 15 is 0 Å². The van der Waals surface area contributed by atoms with Gasteiger partial charge in [0, 0.05) is 22.7 Å². The molecule has 1 heterocycles. The van der Waals surface area contributed by atoms with Crippen molar-refractivity contribution < 1.29 is 19.8 Å². The number of halogens is 1. The van der Waals surface area contributed by atoms with E-state index < -0.39 is 18.6 Å². The molecule has 8 heteroatoms. The molecule has 3 N–H and O–H groups in total. The number of aliphatic hydroxyl groups is 1. The highest BCUT2D eigenvalue weighted by Gasteiger charge is 2.31. The molecule has 2 atom stereocenters. The summed E-state index contributed by atoms with van der Waals surface area (Å²) in [4.78, 5) is 31.6. The van der Waals surface area contributed by atoms with Crippen LogP contribution >= 0.6 is 11.6 Å². The summed E-state index contributed by atoms with van der Waals surface area (Å²) in [5, 5.41) is 22.8. The van der Waals surface area contributed by atoms with Crippen LogP contribution in [0, 0.1) is 0 Å². The minimum Gasteiger partial charge on any atom is -0.480 e. The topological polar surface area (TPSA) is 102 Å². The van der Waals surface area contributed by atoms with E-state index in [0.717, 1.165) is 24.9 Å². The van der Waals surface area contributed by atoms with Gasteiger partial charge in [-0.25, -0.2) is 4.79 Å². The third kappa shape index (κ3) is 6.18. The number of carbonyl (C=O) groups is 2. The van der Waals surface area contributed by atoms with Crippen LogP contribution in [0.3, 0.4) is 0 Å². The number of carboxylic acid groups (broad SMARTS) is 1. The molecular weight excluding hydrogens is 478 g/mol. The Hall–Kier alpha value is -3.52. The lowest BCUT2D eigenvalue weighted by molar-refractivity contribution is -0.139. The molecule has 3 aromatic rings. The lowest BCUT2D eigenvalue weighted by Crippen LogP contribution is -2.39. The van der Waals surface area contributed by atoms with E-state index in [1.807, 2.05) is 54.6 Å². The average Bonchev–Trinajstić information content (AvgIpc) is 3.34. The number of likely N-dealkylation sites (tertiary alicyclic amines) is 1. The Bertz CT molecular complexity index is 1250. The molecule has 0 aliphatic carbocycles. The molecule has 1 fully saturated rings. The number of aliphatic carboxylic acids is 1. The van der Waals surface area contributed by atoms with Crippen LogP contribution in [0.2, 0.25) is 5.02 Å². The van der Waals surface area contributed by atoms with Gasteiger partial charge in [-0.05, 0) is 43.1 Å². The Morgan fingerprint density at radius 2 is 1.81 bits per heavy atom. The number of amides is 1. The van der Waals surface area contributed by atoms with E-state index in [2.05, 4.69) is 15.2 Å². The normalized spacial score (nSPS) is 17.1. The van der Waals surface area contributed by atoms with Gasteiger partial charge in [0.05, 0.1) is 24.0 Å². The molecule has 4 rings (SSSR count). The lowest BCUT2D eigenvalue weighted by Gasteiger charge is -2.24. The number of rotatable bonds is 9. The SMILES string of the molecule is O=C(O)[C@@H](CO)N=C(c1ccccc1)c1ccccc1NC(=O)[C@@H]1CCCN1Cc1cccc(Cl)c1. The smallest absolute Gasteiger partial charge is 0.330 e. The number of aliphatic imine (C=N–C) groups is 1. The van der Waals surface area contributed by atoms with E-state index in [1.165, 1.54) is 0 Å². The standard InChI is InChI=1S/C28H28ClN3O4/c29-21-11-6-8-19(16-21)17-32-15-7-14-25(32)27(34)31-23-13-5-4-12-22(23)26(20-9-2-1-3-10-20)30-24(18-33)28(35)36/h1-6,8-13,16,24-25,33H,7,14-15,17-18H2,(H,31,34)(H,35,36)/t24-,25+/m1/s1. The minimum absolute atomic E-state index is 0.133. The molecule has 1 aliphatic rings. The minimum atomic E-state index is -1.33. The van der Waals surface area contributed by atoms with Crippen molar-refractivity contribution in [3.8, 4) is 0 Å². The van der Waals surface area contributed by atoms with Gasteiger partial charge in [0.1, 0.15) is 0 Å². The summed E-state index contributed by atoms with van der Waals surface area (Å²) in [6.07, 6.45) is 1.65. The monoisotopic (exact) mass is 505 g/mol. The third-order valence-electron chi connectivity index (χ3n) is 6.17. The van der Waals surface area contributed by atoms with Crippen LogP contribution in [0.15, 0.2) is 83.9 Å². The Morgan fingerprint density at radius 1 is 1.06 bits per heavy atom. The quantitative estimate of drug-likeness (QED) is 0.378. The number of anilines is 1. The van der Waals surface area contributed by atoms with Crippen molar-refractivity contribution in [2.75, 3.05) is 18.5 Å². The van der Waals surface area contributed by atoms with Crippen molar-refractivity contribution in [2.45, 2.75) is 31.5 Å². The Morgan fingerprint density at radius 3 is 2.53 bits per heavy atom. The molecule has 186 valence electrons. The third-order valence-corrected chi connectivity index (χ3v) is 6.41. The Balaban J connectivity index is 1.62. The van der Waals surface area contributed by atoms with E-state index in [1.54, 1.807) is 24.3 Å². The maximum atomic E-state index is 13.4. The summed E-state index contributed by atoms with van der Waals surface area (Å²) in [6, 6.07) is 22.3. The van der Waals surface area contributed by atoms with E-state index in [9.17, 15) is 19.8 Å². The predicted octanol–water partition coefficient (Wildman–Crippen LogP) is 4.23. The van der Waals surface area contributed by atoms with E-state index in [0.29, 0.717) is 34.1 Å². The maximum absolute atomic E-state index is 13.4. The molecule has 0 spiro atoms. The number of hydrogen-bond donors (Lipinski definition) is 3. The van der Waals surface area contributed by atoms with Crippen LogP contribution in [0.5, 0.6) is 0 Å². The molecule has 3 aromatic carbocycles. The van der Waals surface area contributed by atoms with Crippen LogP contribution in [0.1, 0.15) is 29.5 Å². The molecule has 7 nitrogen and oxygen atoms in total. The molecule has 0 radical (unpaired) electrons. The first kappa shape index (κ1) is 25.6. The van der Waals surface area contributed by atoms with Crippen molar-refractivity contribution >= 4 is 34.9 Å². The zero-order chi connectivity index (χ0) is 25.5. The van der Waals surface area contributed by atoms with Crippen LogP contribution < -0.4 is 5.32 Å². The number of benzene rings is 3. The van der Waals surface area contributed by atoms with Gasteiger partial charge in [-0.1, -0.05) is 72.3 Å². The summed E-state index contributed by atoms with van der Waals surface area (Å²) >= 11 is 6.14.